The van der Waals surface area contributed by atoms with E-state index in [9.17, 15) is 0 Å². The van der Waals surface area contributed by atoms with Gasteiger partial charge in [0.05, 0.1) is 5.71 Å². The first kappa shape index (κ1) is 16.4. The van der Waals surface area contributed by atoms with E-state index in [1.807, 2.05) is 0 Å². The molecule has 0 amide bonds. The fourth-order valence-electron chi connectivity index (χ4n) is 1.60. The fraction of sp³-hybridized carbons (Fsp3) is 0.500. The third-order valence-electron chi connectivity index (χ3n) is 2.57. The van der Waals surface area contributed by atoms with Gasteiger partial charge in [-0.05, 0) is 59.5 Å². The molecule has 1 aromatic rings. The largest absolute Gasteiger partial charge is 0.394 e. The third-order valence-corrected chi connectivity index (χ3v) is 3.29. The lowest BCUT2D eigenvalue weighted by Gasteiger charge is -2.07. The highest BCUT2D eigenvalue weighted by atomic mass is 127. The third kappa shape index (κ3) is 6.89. The molecule has 0 saturated carbocycles. The van der Waals surface area contributed by atoms with Crippen LogP contribution in [0.25, 0.3) is 0 Å². The van der Waals surface area contributed by atoms with E-state index in [-0.39, 0.29) is 0 Å². The number of unbranched alkanes of at least 4 members (excludes halogenated alkanes) is 1. The Bertz CT molecular complexity index is 380. The van der Waals surface area contributed by atoms with Crippen molar-refractivity contribution in [1.82, 2.24) is 0 Å². The van der Waals surface area contributed by atoms with Gasteiger partial charge in [-0.2, -0.15) is 0 Å². The van der Waals surface area contributed by atoms with Crippen molar-refractivity contribution in [2.24, 2.45) is 10.9 Å². The van der Waals surface area contributed by atoms with E-state index in [1.54, 1.807) is 7.11 Å². The van der Waals surface area contributed by atoms with Crippen LogP contribution in [-0.2, 0) is 9.57 Å². The summed E-state index contributed by atoms with van der Waals surface area (Å²) >= 11 is 2.29. The van der Waals surface area contributed by atoms with Gasteiger partial charge < -0.3 is 15.3 Å². The van der Waals surface area contributed by atoms with Crippen LogP contribution in [0.4, 0.5) is 0 Å². The summed E-state index contributed by atoms with van der Waals surface area (Å²) in [6, 6.07) is 8.29. The zero-order valence-corrected chi connectivity index (χ0v) is 13.4. The summed E-state index contributed by atoms with van der Waals surface area (Å²) in [6.07, 6.45) is 2.94. The number of nitrogens with two attached hydrogens (primary N) is 1. The van der Waals surface area contributed by atoms with Crippen LogP contribution in [0.3, 0.4) is 0 Å². The summed E-state index contributed by atoms with van der Waals surface area (Å²) < 4.78 is 6.27. The van der Waals surface area contributed by atoms with Gasteiger partial charge in [-0.25, -0.2) is 0 Å². The SMILES string of the molecule is COCCCC/C(=N\OCCN)c1ccc(I)cc1. The molecule has 106 valence electrons. The van der Waals surface area contributed by atoms with Crippen LogP contribution in [0.5, 0.6) is 0 Å². The van der Waals surface area contributed by atoms with E-state index < -0.39 is 0 Å². The molecule has 0 unspecified atom stereocenters. The molecule has 2 N–H and O–H groups in total. The Morgan fingerprint density at radius 3 is 2.58 bits per heavy atom. The molecule has 1 aromatic carbocycles. The van der Waals surface area contributed by atoms with E-state index in [0.29, 0.717) is 13.2 Å². The maximum atomic E-state index is 5.40. The number of rotatable bonds is 9. The van der Waals surface area contributed by atoms with Crippen molar-refractivity contribution in [2.45, 2.75) is 19.3 Å². The molecular formula is C14H21IN2O2. The van der Waals surface area contributed by atoms with Crippen LogP contribution in [-0.4, -0.2) is 32.6 Å². The van der Waals surface area contributed by atoms with Crippen LogP contribution in [0, 0.1) is 3.57 Å². The van der Waals surface area contributed by atoms with Crippen LogP contribution >= 0.6 is 22.6 Å². The van der Waals surface area contributed by atoms with Crippen LogP contribution in [0.1, 0.15) is 24.8 Å². The molecule has 5 heteroatoms. The average Bonchev–Trinajstić information content (AvgIpc) is 2.43. The molecule has 0 spiro atoms. The normalized spacial score (nSPS) is 11.6. The molecule has 1 rings (SSSR count). The van der Waals surface area contributed by atoms with Gasteiger partial charge in [0.15, 0.2) is 0 Å². The van der Waals surface area contributed by atoms with Crippen LogP contribution < -0.4 is 5.73 Å². The summed E-state index contributed by atoms with van der Waals surface area (Å²) in [4.78, 5) is 5.22. The first-order valence-electron chi connectivity index (χ1n) is 6.41. The minimum Gasteiger partial charge on any atom is -0.394 e. The second-order valence-corrected chi connectivity index (χ2v) is 5.36. The molecule has 0 saturated heterocycles. The van der Waals surface area contributed by atoms with Crippen molar-refractivity contribution in [3.8, 4) is 0 Å². The van der Waals surface area contributed by atoms with Crippen molar-refractivity contribution >= 4 is 28.3 Å². The maximum Gasteiger partial charge on any atom is 0.129 e. The molecular weight excluding hydrogens is 355 g/mol. The standard InChI is InChI=1S/C14H21IN2O2/c1-18-10-3-2-4-14(17-19-11-9-16)12-5-7-13(15)8-6-12/h5-8H,2-4,9-11,16H2,1H3/b17-14+. The predicted octanol–water partition coefficient (Wildman–Crippen LogP) is 2.79. The highest BCUT2D eigenvalue weighted by molar-refractivity contribution is 14.1. The number of oxime groups is 1. The number of hydrogen-bond acceptors (Lipinski definition) is 4. The fourth-order valence-corrected chi connectivity index (χ4v) is 1.96. The Kier molecular flexibility index (Phi) is 8.77. The Hall–Kier alpha value is -0.660. The Morgan fingerprint density at radius 2 is 1.95 bits per heavy atom. The number of methoxy groups -OCH3 is 1. The number of ether oxygens (including phenoxy) is 1. The Balaban J connectivity index is 2.62. The van der Waals surface area contributed by atoms with Crippen molar-refractivity contribution < 1.29 is 9.57 Å². The monoisotopic (exact) mass is 376 g/mol. The lowest BCUT2D eigenvalue weighted by molar-refractivity contribution is 0.151. The molecule has 0 atom stereocenters. The minimum atomic E-state index is 0.450. The molecule has 0 radical (unpaired) electrons. The van der Waals surface area contributed by atoms with Crippen molar-refractivity contribution in [3.63, 3.8) is 0 Å². The number of hydrogen-bond donors (Lipinski definition) is 1. The summed E-state index contributed by atoms with van der Waals surface area (Å²) in [5.41, 5.74) is 7.48. The zero-order valence-electron chi connectivity index (χ0n) is 11.3. The van der Waals surface area contributed by atoms with E-state index in [4.69, 9.17) is 15.3 Å². The van der Waals surface area contributed by atoms with Gasteiger partial charge in [-0.3, -0.25) is 0 Å². The van der Waals surface area contributed by atoms with Gasteiger partial charge >= 0.3 is 0 Å². The number of halogens is 1. The molecule has 4 nitrogen and oxygen atoms in total. The Labute approximate surface area is 128 Å². The van der Waals surface area contributed by atoms with Crippen molar-refractivity contribution in [1.29, 1.82) is 0 Å². The van der Waals surface area contributed by atoms with Gasteiger partial charge in [0.25, 0.3) is 0 Å². The van der Waals surface area contributed by atoms with Gasteiger partial charge in [0.2, 0.25) is 0 Å². The summed E-state index contributed by atoms with van der Waals surface area (Å²) in [6.45, 7) is 1.71. The molecule has 0 heterocycles. The number of nitrogens with zero attached hydrogens (tertiary/aromatic N) is 1. The highest BCUT2D eigenvalue weighted by Crippen LogP contribution is 2.12. The molecule has 0 fully saturated rings. The first-order chi connectivity index (χ1) is 9.27. The van der Waals surface area contributed by atoms with Gasteiger partial charge in [0.1, 0.15) is 6.61 Å². The number of benzene rings is 1. The average molecular weight is 376 g/mol. The summed E-state index contributed by atoms with van der Waals surface area (Å²) in [5.74, 6) is 0. The van der Waals surface area contributed by atoms with Crippen molar-refractivity contribution in [3.05, 3.63) is 33.4 Å². The minimum absolute atomic E-state index is 0.450. The molecule has 19 heavy (non-hydrogen) atoms. The zero-order chi connectivity index (χ0) is 13.9. The lowest BCUT2D eigenvalue weighted by Crippen LogP contribution is -2.08. The molecule has 0 bridgehead atoms. The van der Waals surface area contributed by atoms with E-state index in [2.05, 4.69) is 52.0 Å². The first-order valence-corrected chi connectivity index (χ1v) is 7.49. The van der Waals surface area contributed by atoms with Crippen LogP contribution in [0.15, 0.2) is 29.4 Å². The Morgan fingerprint density at radius 1 is 1.21 bits per heavy atom. The molecule has 0 aromatic heterocycles. The van der Waals surface area contributed by atoms with Gasteiger partial charge in [0, 0.05) is 23.8 Å². The predicted molar refractivity (Wildman–Crippen MR) is 86.4 cm³/mol. The molecule has 0 aliphatic carbocycles. The van der Waals surface area contributed by atoms with E-state index >= 15 is 0 Å². The molecule has 0 aliphatic heterocycles. The summed E-state index contributed by atoms with van der Waals surface area (Å²) in [7, 11) is 1.72. The smallest absolute Gasteiger partial charge is 0.129 e. The van der Waals surface area contributed by atoms with E-state index in [1.165, 1.54) is 3.57 Å². The second-order valence-electron chi connectivity index (χ2n) is 4.12. The molecule has 0 aliphatic rings. The van der Waals surface area contributed by atoms with Crippen molar-refractivity contribution in [2.75, 3.05) is 26.9 Å². The van der Waals surface area contributed by atoms with Gasteiger partial charge in [-0.15, -0.1) is 0 Å². The van der Waals surface area contributed by atoms with Crippen LogP contribution in [0.2, 0.25) is 0 Å². The maximum absolute atomic E-state index is 5.40. The lowest BCUT2D eigenvalue weighted by atomic mass is 10.1. The second kappa shape index (κ2) is 10.2. The quantitative estimate of drug-likeness (QED) is 0.312. The topological polar surface area (TPSA) is 56.8 Å². The van der Waals surface area contributed by atoms with Gasteiger partial charge in [-0.1, -0.05) is 17.3 Å². The van der Waals surface area contributed by atoms with E-state index in [0.717, 1.165) is 37.1 Å². The highest BCUT2D eigenvalue weighted by Gasteiger charge is 2.05. The summed E-state index contributed by atoms with van der Waals surface area (Å²) in [5, 5.41) is 4.20.